The fourth-order valence-electron chi connectivity index (χ4n) is 7.78. The Balaban J connectivity index is 1.09. The van der Waals surface area contributed by atoms with Crippen LogP contribution in [0, 0.1) is 0 Å². The molecule has 2 heterocycles. The third kappa shape index (κ3) is 5.35. The molecule has 4 nitrogen and oxygen atoms in total. The number of hydrogen-bond acceptors (Lipinski definition) is 4. The summed E-state index contributed by atoms with van der Waals surface area (Å²) in [6.45, 7) is 0. The first-order chi connectivity index (χ1) is 26.2. The van der Waals surface area contributed by atoms with E-state index in [1.807, 2.05) is 42.5 Å². The molecule has 0 atom stereocenters. The van der Waals surface area contributed by atoms with Crippen LogP contribution in [0.25, 0.3) is 49.8 Å². The first-order valence-corrected chi connectivity index (χ1v) is 18.1. The average Bonchev–Trinajstić information content (AvgIpc) is 3.23. The van der Waals surface area contributed by atoms with Crippen LogP contribution in [0.4, 0.5) is 34.1 Å². The first-order valence-electron chi connectivity index (χ1n) is 18.1. The van der Waals surface area contributed by atoms with Crippen LogP contribution in [0.2, 0.25) is 0 Å². The highest BCUT2D eigenvalue weighted by Gasteiger charge is 2.31. The minimum absolute atomic E-state index is 0.0116. The van der Waals surface area contributed by atoms with Gasteiger partial charge in [0, 0.05) is 11.4 Å². The van der Waals surface area contributed by atoms with Crippen LogP contribution in [0.15, 0.2) is 191 Å². The van der Waals surface area contributed by atoms with Crippen LogP contribution in [0.1, 0.15) is 18.4 Å². The molecule has 10 rings (SSSR count). The Bertz CT molecular complexity index is 2800. The van der Waals surface area contributed by atoms with E-state index in [0.29, 0.717) is 21.9 Å². The smallest absolute Gasteiger partial charge is 0.200 e. The van der Waals surface area contributed by atoms with Crippen LogP contribution in [-0.4, -0.2) is 0 Å². The topological polar surface area (TPSA) is 36.7 Å². The Labute approximate surface area is 307 Å². The molecule has 7 aromatic carbocycles. The third-order valence-corrected chi connectivity index (χ3v) is 10.4. The van der Waals surface area contributed by atoms with Crippen LogP contribution in [0.5, 0.6) is 0 Å². The van der Waals surface area contributed by atoms with Gasteiger partial charge in [0.25, 0.3) is 0 Å². The number of rotatable bonds is 5. The van der Waals surface area contributed by atoms with Gasteiger partial charge in [-0.25, -0.2) is 0 Å². The van der Waals surface area contributed by atoms with E-state index in [2.05, 4.69) is 149 Å². The van der Waals surface area contributed by atoms with Gasteiger partial charge >= 0.3 is 0 Å². The van der Waals surface area contributed by atoms with E-state index in [0.717, 1.165) is 69.2 Å². The maximum atomic E-state index is 13.4. The molecule has 4 heteroatoms. The largest absolute Gasteiger partial charge is 0.456 e. The summed E-state index contributed by atoms with van der Waals surface area (Å²) in [6, 6.07) is 56.8. The van der Waals surface area contributed by atoms with E-state index in [1.165, 1.54) is 11.1 Å². The lowest BCUT2D eigenvalue weighted by Crippen LogP contribution is -2.24. The van der Waals surface area contributed by atoms with Gasteiger partial charge in [-0.1, -0.05) is 109 Å². The molecule has 0 spiro atoms. The molecule has 53 heavy (non-hydrogen) atoms. The van der Waals surface area contributed by atoms with Gasteiger partial charge in [0.15, 0.2) is 0 Å². The van der Waals surface area contributed by atoms with Gasteiger partial charge in [-0.2, -0.15) is 0 Å². The Morgan fingerprint density at radius 1 is 0.434 bits per heavy atom. The summed E-state index contributed by atoms with van der Waals surface area (Å²) in [4.78, 5) is 18.2. The van der Waals surface area contributed by atoms with Crippen molar-refractivity contribution in [2.45, 2.75) is 12.8 Å². The summed E-state index contributed by atoms with van der Waals surface area (Å²) in [5, 5.41) is 1.18. The molecule has 0 radical (unpaired) electrons. The van der Waals surface area contributed by atoms with Crippen molar-refractivity contribution in [3.05, 3.63) is 198 Å². The highest BCUT2D eigenvalue weighted by atomic mass is 16.3. The molecule has 1 aromatic heterocycles. The predicted octanol–water partition coefficient (Wildman–Crippen LogP) is 13.3. The number of allylic oxidation sites excluding steroid dienone is 4. The van der Waals surface area contributed by atoms with E-state index in [9.17, 15) is 4.79 Å². The minimum atomic E-state index is -0.0116. The van der Waals surface area contributed by atoms with Gasteiger partial charge in [0.2, 0.25) is 5.43 Å². The molecular formula is C49H34N2O2. The maximum Gasteiger partial charge on any atom is 0.200 e. The zero-order chi connectivity index (χ0) is 35.3. The molecule has 2 aliphatic rings. The molecule has 252 valence electrons. The van der Waals surface area contributed by atoms with Gasteiger partial charge in [-0.05, 0) is 119 Å². The van der Waals surface area contributed by atoms with Crippen molar-refractivity contribution in [1.82, 2.24) is 0 Å². The molecule has 0 amide bonds. The van der Waals surface area contributed by atoms with Crippen LogP contribution in [-0.2, 0) is 0 Å². The number of para-hydroxylation sites is 3. The lowest BCUT2D eigenvalue weighted by atomic mass is 9.95. The second kappa shape index (κ2) is 12.7. The second-order valence-corrected chi connectivity index (χ2v) is 13.6. The molecule has 0 bridgehead atoms. The van der Waals surface area contributed by atoms with E-state index in [4.69, 9.17) is 4.42 Å². The van der Waals surface area contributed by atoms with Crippen LogP contribution < -0.4 is 15.2 Å². The van der Waals surface area contributed by atoms with Crippen LogP contribution in [0.3, 0.4) is 0 Å². The van der Waals surface area contributed by atoms with Gasteiger partial charge in [0.05, 0.1) is 33.5 Å². The standard InChI is InChI=1S/C49H34N2O2/c52-49-41-18-10-11-19-47(41)53-48-29-26-36(30-42(48)49)34-20-22-35(23-21-34)38-25-28-44-46(32-38)51(40-16-8-3-9-17-40)45-31-37(33-12-4-1-5-13-33)24-27-43(45)50(44)39-14-6-2-7-15-39/h2-4,6-32H,1,5H2. The van der Waals surface area contributed by atoms with Crippen molar-refractivity contribution in [1.29, 1.82) is 0 Å². The number of nitrogens with zero attached hydrogens (tertiary/aromatic N) is 2. The molecule has 0 fully saturated rings. The molecule has 8 aromatic rings. The SMILES string of the molecule is O=c1c2ccccc2oc2ccc(-c3ccc(-c4ccc5c(c4)N(c4ccccc4)c4cc(C6=CCCC=C6)ccc4N5c4ccccc4)cc3)cc12. The zero-order valence-corrected chi connectivity index (χ0v) is 28.9. The number of hydrogen-bond donors (Lipinski definition) is 0. The Hall–Kier alpha value is -6.91. The number of benzene rings is 7. The number of anilines is 6. The normalized spacial score (nSPS) is 13.5. The van der Waals surface area contributed by atoms with Crippen molar-refractivity contribution in [2.24, 2.45) is 0 Å². The molecule has 0 saturated carbocycles. The first kappa shape index (κ1) is 30.9. The highest BCUT2D eigenvalue weighted by molar-refractivity contribution is 6.03. The summed E-state index contributed by atoms with van der Waals surface area (Å²) in [6.07, 6.45) is 9.00. The summed E-state index contributed by atoms with van der Waals surface area (Å²) < 4.78 is 6.06. The third-order valence-electron chi connectivity index (χ3n) is 10.4. The lowest BCUT2D eigenvalue weighted by molar-refractivity contribution is 0.660. The van der Waals surface area contributed by atoms with E-state index in [1.54, 1.807) is 0 Å². The van der Waals surface area contributed by atoms with E-state index in [-0.39, 0.29) is 5.43 Å². The quantitative estimate of drug-likeness (QED) is 0.169. The zero-order valence-electron chi connectivity index (χ0n) is 28.9. The van der Waals surface area contributed by atoms with Crippen molar-refractivity contribution in [3.8, 4) is 22.3 Å². The monoisotopic (exact) mass is 682 g/mol. The highest BCUT2D eigenvalue weighted by Crippen LogP contribution is 2.55. The Morgan fingerprint density at radius 2 is 0.962 bits per heavy atom. The maximum absolute atomic E-state index is 13.4. The molecule has 1 aliphatic carbocycles. The summed E-state index contributed by atoms with van der Waals surface area (Å²) in [5.74, 6) is 0. The van der Waals surface area contributed by atoms with Crippen LogP contribution >= 0.6 is 0 Å². The Morgan fingerprint density at radius 3 is 1.62 bits per heavy atom. The Kier molecular flexibility index (Phi) is 7.40. The van der Waals surface area contributed by atoms with Gasteiger partial charge in [0.1, 0.15) is 11.2 Å². The van der Waals surface area contributed by atoms with Crippen molar-refractivity contribution in [2.75, 3.05) is 9.80 Å². The van der Waals surface area contributed by atoms with Crippen molar-refractivity contribution < 1.29 is 4.42 Å². The summed E-state index contributed by atoms with van der Waals surface area (Å²) in [5.41, 5.74) is 14.6. The summed E-state index contributed by atoms with van der Waals surface area (Å²) in [7, 11) is 0. The molecule has 0 N–H and O–H groups in total. The fraction of sp³-hybridized carbons (Fsp3) is 0.0408. The van der Waals surface area contributed by atoms with Gasteiger partial charge in [-0.15, -0.1) is 0 Å². The number of fused-ring (bicyclic) bond motifs is 4. The molecule has 1 aliphatic heterocycles. The average molecular weight is 683 g/mol. The molecule has 0 saturated heterocycles. The van der Waals surface area contributed by atoms with E-state index >= 15 is 0 Å². The molecule has 0 unspecified atom stereocenters. The molecular weight excluding hydrogens is 649 g/mol. The minimum Gasteiger partial charge on any atom is -0.456 e. The van der Waals surface area contributed by atoms with Gasteiger partial charge in [-0.3, -0.25) is 4.79 Å². The van der Waals surface area contributed by atoms with Crippen molar-refractivity contribution >= 4 is 61.6 Å². The summed E-state index contributed by atoms with van der Waals surface area (Å²) >= 11 is 0. The van der Waals surface area contributed by atoms with Crippen molar-refractivity contribution in [3.63, 3.8) is 0 Å². The fourth-order valence-corrected chi connectivity index (χ4v) is 7.78. The van der Waals surface area contributed by atoms with Gasteiger partial charge < -0.3 is 14.2 Å². The second-order valence-electron chi connectivity index (χ2n) is 13.6. The van der Waals surface area contributed by atoms with E-state index < -0.39 is 0 Å². The predicted molar refractivity (Wildman–Crippen MR) is 220 cm³/mol. The lowest BCUT2D eigenvalue weighted by Gasteiger charge is -2.41.